The normalized spacial score (nSPS) is 15.7. The monoisotopic (exact) mass is 189 g/mol. The zero-order chi connectivity index (χ0) is 9.97. The predicted molar refractivity (Wildman–Crippen MR) is 51.0 cm³/mol. The summed E-state index contributed by atoms with van der Waals surface area (Å²) in [6.07, 6.45) is 0.231. The van der Waals surface area contributed by atoms with Gasteiger partial charge in [-0.15, -0.1) is 0 Å². The largest absolute Gasteiger partial charge is 0.472 e. The first kappa shape index (κ1) is 8.97. The van der Waals surface area contributed by atoms with E-state index >= 15 is 0 Å². The molecule has 0 saturated carbocycles. The van der Waals surface area contributed by atoms with Crippen LogP contribution in [-0.4, -0.2) is 24.2 Å². The maximum atomic E-state index is 8.71. The highest BCUT2D eigenvalue weighted by molar-refractivity contribution is 5.34. The zero-order valence-electron chi connectivity index (χ0n) is 7.95. The van der Waals surface area contributed by atoms with Crippen LogP contribution in [0.25, 0.3) is 0 Å². The molecule has 0 amide bonds. The van der Waals surface area contributed by atoms with Crippen LogP contribution in [-0.2, 0) is 0 Å². The summed E-state index contributed by atoms with van der Waals surface area (Å²) in [5, 5.41) is 11.8. The molecular weight excluding hydrogens is 178 g/mol. The fourth-order valence-corrected chi connectivity index (χ4v) is 1.24. The molecule has 2 heterocycles. The van der Waals surface area contributed by atoms with Gasteiger partial charge in [0.1, 0.15) is 12.2 Å². The van der Waals surface area contributed by atoms with Crippen molar-refractivity contribution in [2.24, 2.45) is 0 Å². The van der Waals surface area contributed by atoms with E-state index in [1.54, 1.807) is 12.1 Å². The van der Waals surface area contributed by atoms with Crippen LogP contribution in [0.1, 0.15) is 11.3 Å². The Morgan fingerprint density at radius 3 is 2.86 bits per heavy atom. The molecule has 14 heavy (non-hydrogen) atoms. The van der Waals surface area contributed by atoms with Crippen LogP contribution < -0.4 is 10.1 Å². The van der Waals surface area contributed by atoms with Gasteiger partial charge in [0, 0.05) is 19.2 Å². The highest BCUT2D eigenvalue weighted by Crippen LogP contribution is 2.14. The summed E-state index contributed by atoms with van der Waals surface area (Å²) in [4.78, 5) is 4.19. The van der Waals surface area contributed by atoms with Crippen molar-refractivity contribution in [2.45, 2.75) is 13.0 Å². The highest BCUT2D eigenvalue weighted by atomic mass is 16.5. The van der Waals surface area contributed by atoms with Gasteiger partial charge in [-0.3, -0.25) is 0 Å². The second-order valence-corrected chi connectivity index (χ2v) is 3.29. The molecule has 0 unspecified atom stereocenters. The molecule has 1 saturated heterocycles. The number of aryl methyl sites for hydroxylation is 1. The van der Waals surface area contributed by atoms with Gasteiger partial charge in [-0.1, -0.05) is 0 Å². The molecular formula is C10H11N3O. The molecule has 1 N–H and O–H groups in total. The maximum absolute atomic E-state index is 8.71. The van der Waals surface area contributed by atoms with Gasteiger partial charge in [0.15, 0.2) is 0 Å². The Balaban J connectivity index is 2.12. The molecule has 72 valence electrons. The fraction of sp³-hybridized carbons (Fsp3) is 0.400. The summed E-state index contributed by atoms with van der Waals surface area (Å²) < 4.78 is 5.55. The average molecular weight is 189 g/mol. The second kappa shape index (κ2) is 3.64. The molecule has 1 aromatic heterocycles. The van der Waals surface area contributed by atoms with Crippen molar-refractivity contribution in [3.63, 3.8) is 0 Å². The molecule has 0 atom stereocenters. The fourth-order valence-electron chi connectivity index (χ4n) is 1.24. The Morgan fingerprint density at radius 1 is 1.57 bits per heavy atom. The van der Waals surface area contributed by atoms with Crippen molar-refractivity contribution < 1.29 is 4.74 Å². The van der Waals surface area contributed by atoms with Crippen molar-refractivity contribution in [2.75, 3.05) is 13.1 Å². The van der Waals surface area contributed by atoms with Gasteiger partial charge in [-0.25, -0.2) is 4.98 Å². The number of rotatable bonds is 2. The summed E-state index contributed by atoms with van der Waals surface area (Å²) in [5.41, 5.74) is 1.32. The third-order valence-corrected chi connectivity index (χ3v) is 2.21. The first-order valence-electron chi connectivity index (χ1n) is 4.54. The molecule has 0 spiro atoms. The molecule has 4 nitrogen and oxygen atoms in total. The SMILES string of the molecule is Cc1nc(OC2CNC2)ccc1C#N. The van der Waals surface area contributed by atoms with Gasteiger partial charge in [-0.2, -0.15) is 5.26 Å². The molecule has 0 aromatic carbocycles. The van der Waals surface area contributed by atoms with Crippen LogP contribution in [0.3, 0.4) is 0 Å². The number of aromatic nitrogens is 1. The minimum absolute atomic E-state index is 0.231. The molecule has 1 fully saturated rings. The lowest BCUT2D eigenvalue weighted by atomic mass is 10.2. The minimum atomic E-state index is 0.231. The van der Waals surface area contributed by atoms with E-state index in [1.165, 1.54) is 0 Å². The van der Waals surface area contributed by atoms with Crippen molar-refractivity contribution in [1.29, 1.82) is 5.26 Å². The Hall–Kier alpha value is -1.60. The molecule has 0 aliphatic carbocycles. The summed E-state index contributed by atoms with van der Waals surface area (Å²) in [7, 11) is 0. The number of nitrogens with zero attached hydrogens (tertiary/aromatic N) is 2. The molecule has 1 aliphatic heterocycles. The summed E-state index contributed by atoms with van der Waals surface area (Å²) in [5.74, 6) is 0.605. The van der Waals surface area contributed by atoms with Gasteiger partial charge in [-0.05, 0) is 13.0 Å². The lowest BCUT2D eigenvalue weighted by molar-refractivity contribution is 0.136. The topological polar surface area (TPSA) is 57.9 Å². The molecule has 4 heteroatoms. The van der Waals surface area contributed by atoms with E-state index in [-0.39, 0.29) is 6.10 Å². The van der Waals surface area contributed by atoms with E-state index in [0.717, 1.165) is 18.8 Å². The number of nitrogens with one attached hydrogen (secondary N) is 1. The van der Waals surface area contributed by atoms with Crippen LogP contribution in [0.4, 0.5) is 0 Å². The first-order chi connectivity index (χ1) is 6.79. The summed E-state index contributed by atoms with van der Waals surface area (Å²) in [6, 6.07) is 5.55. The lowest BCUT2D eigenvalue weighted by Gasteiger charge is -2.27. The maximum Gasteiger partial charge on any atom is 0.213 e. The Labute approximate surface area is 82.5 Å². The van der Waals surface area contributed by atoms with E-state index < -0.39 is 0 Å². The third kappa shape index (κ3) is 1.68. The predicted octanol–water partition coefficient (Wildman–Crippen LogP) is 0.612. The number of hydrogen-bond donors (Lipinski definition) is 1. The Kier molecular flexibility index (Phi) is 2.33. The molecule has 0 bridgehead atoms. The molecule has 2 rings (SSSR count). The standard InChI is InChI=1S/C10H11N3O/c1-7-8(4-11)2-3-10(13-7)14-9-5-12-6-9/h2-3,9,12H,5-6H2,1H3. The average Bonchev–Trinajstić information content (AvgIpc) is 2.12. The Morgan fingerprint density at radius 2 is 2.36 bits per heavy atom. The highest BCUT2D eigenvalue weighted by Gasteiger charge is 2.18. The zero-order valence-corrected chi connectivity index (χ0v) is 7.95. The molecule has 1 aliphatic rings. The lowest BCUT2D eigenvalue weighted by Crippen LogP contribution is -2.50. The number of pyridine rings is 1. The van der Waals surface area contributed by atoms with E-state index in [4.69, 9.17) is 10.00 Å². The van der Waals surface area contributed by atoms with Crippen LogP contribution >= 0.6 is 0 Å². The molecule has 0 radical (unpaired) electrons. The van der Waals surface area contributed by atoms with Gasteiger partial charge in [0.25, 0.3) is 0 Å². The Bertz CT molecular complexity index is 379. The van der Waals surface area contributed by atoms with Crippen LogP contribution in [0.2, 0.25) is 0 Å². The third-order valence-electron chi connectivity index (χ3n) is 2.21. The van der Waals surface area contributed by atoms with Crippen LogP contribution in [0.15, 0.2) is 12.1 Å². The number of ether oxygens (including phenoxy) is 1. The van der Waals surface area contributed by atoms with E-state index in [2.05, 4.69) is 16.4 Å². The van der Waals surface area contributed by atoms with Crippen molar-refractivity contribution in [3.8, 4) is 11.9 Å². The summed E-state index contributed by atoms with van der Waals surface area (Å²) in [6.45, 7) is 3.56. The number of nitriles is 1. The van der Waals surface area contributed by atoms with Crippen LogP contribution in [0.5, 0.6) is 5.88 Å². The minimum Gasteiger partial charge on any atom is -0.472 e. The van der Waals surface area contributed by atoms with E-state index in [9.17, 15) is 0 Å². The van der Waals surface area contributed by atoms with Crippen molar-refractivity contribution >= 4 is 0 Å². The smallest absolute Gasteiger partial charge is 0.213 e. The first-order valence-corrected chi connectivity index (χ1v) is 4.54. The van der Waals surface area contributed by atoms with E-state index in [1.807, 2.05) is 6.92 Å². The summed E-state index contributed by atoms with van der Waals surface area (Å²) >= 11 is 0. The van der Waals surface area contributed by atoms with Crippen molar-refractivity contribution in [3.05, 3.63) is 23.4 Å². The van der Waals surface area contributed by atoms with Gasteiger partial charge < -0.3 is 10.1 Å². The van der Waals surface area contributed by atoms with Gasteiger partial charge in [0.05, 0.1) is 11.3 Å². The van der Waals surface area contributed by atoms with Gasteiger partial charge >= 0.3 is 0 Å². The van der Waals surface area contributed by atoms with Gasteiger partial charge in [0.2, 0.25) is 5.88 Å². The van der Waals surface area contributed by atoms with Crippen molar-refractivity contribution in [1.82, 2.24) is 10.3 Å². The molecule has 1 aromatic rings. The van der Waals surface area contributed by atoms with E-state index in [0.29, 0.717) is 11.4 Å². The second-order valence-electron chi connectivity index (χ2n) is 3.29. The quantitative estimate of drug-likeness (QED) is 0.740. The van der Waals surface area contributed by atoms with Crippen LogP contribution in [0, 0.1) is 18.3 Å². The number of hydrogen-bond acceptors (Lipinski definition) is 4.